The lowest BCUT2D eigenvalue weighted by atomic mass is 10.2. The molecule has 2 rings (SSSR count). The number of aliphatic imine (C=N–C) groups is 1. The van der Waals surface area contributed by atoms with E-state index >= 15 is 0 Å². The number of rotatable bonds is 3. The van der Waals surface area contributed by atoms with Crippen molar-refractivity contribution in [3.05, 3.63) is 40.9 Å². The number of aryl methyl sites for hydroxylation is 1. The third-order valence-corrected chi connectivity index (χ3v) is 3.81. The first kappa shape index (κ1) is 12.4. The van der Waals surface area contributed by atoms with Crippen molar-refractivity contribution in [2.24, 2.45) is 4.99 Å². The fourth-order valence-electron chi connectivity index (χ4n) is 1.99. The third kappa shape index (κ3) is 2.97. The Morgan fingerprint density at radius 3 is 3.06 bits per heavy atom. The summed E-state index contributed by atoms with van der Waals surface area (Å²) in [5.41, 5.74) is 2.26. The van der Waals surface area contributed by atoms with Crippen molar-refractivity contribution in [3.63, 3.8) is 0 Å². The third-order valence-electron chi connectivity index (χ3n) is 2.96. The van der Waals surface area contributed by atoms with Crippen molar-refractivity contribution in [2.45, 2.75) is 19.8 Å². The van der Waals surface area contributed by atoms with Crippen LogP contribution in [0.5, 0.6) is 0 Å². The minimum atomic E-state index is 0.895. The summed E-state index contributed by atoms with van der Waals surface area (Å²) < 4.78 is 1.12. The number of hydrogen-bond donors (Lipinski definition) is 0. The number of benzene rings is 1. The van der Waals surface area contributed by atoms with Crippen LogP contribution in [-0.2, 0) is 0 Å². The van der Waals surface area contributed by atoms with E-state index in [2.05, 4.69) is 52.5 Å². The summed E-state index contributed by atoms with van der Waals surface area (Å²) in [6.45, 7) is 7.86. The molecule has 1 aliphatic rings. The van der Waals surface area contributed by atoms with Gasteiger partial charge in [-0.2, -0.15) is 0 Å². The average Bonchev–Trinajstić information content (AvgIpc) is 2.72. The van der Waals surface area contributed by atoms with Crippen LogP contribution in [0.15, 0.2) is 40.3 Å². The molecule has 0 radical (unpaired) electrons. The standard InChI is InChI=1S/C14H17BrN2/c1-3-8-17-9-4-5-14(17)16-12-7-6-11(2)13(15)10-12/h3,6-7,10H,1,4-5,8-9H2,2H3. The zero-order valence-corrected chi connectivity index (χ0v) is 11.7. The van der Waals surface area contributed by atoms with Crippen LogP contribution in [-0.4, -0.2) is 23.8 Å². The summed E-state index contributed by atoms with van der Waals surface area (Å²) in [6, 6.07) is 6.24. The van der Waals surface area contributed by atoms with Gasteiger partial charge in [0.1, 0.15) is 5.84 Å². The molecule has 0 N–H and O–H groups in total. The van der Waals surface area contributed by atoms with Gasteiger partial charge in [-0.3, -0.25) is 0 Å². The molecule has 0 spiro atoms. The summed E-state index contributed by atoms with van der Waals surface area (Å²) in [5.74, 6) is 1.18. The number of likely N-dealkylation sites (tertiary alicyclic amines) is 1. The van der Waals surface area contributed by atoms with Crippen LogP contribution in [0, 0.1) is 6.92 Å². The first-order valence-electron chi connectivity index (χ1n) is 5.90. The molecule has 0 bridgehead atoms. The molecule has 1 aromatic carbocycles. The Morgan fingerprint density at radius 2 is 2.35 bits per heavy atom. The lowest BCUT2D eigenvalue weighted by molar-refractivity contribution is 0.502. The minimum Gasteiger partial charge on any atom is -0.356 e. The van der Waals surface area contributed by atoms with Gasteiger partial charge in [0.15, 0.2) is 0 Å². The SMILES string of the molecule is C=CCN1CCCC1=Nc1ccc(C)c(Br)c1. The first-order chi connectivity index (χ1) is 8.20. The zero-order chi connectivity index (χ0) is 12.3. The molecule has 90 valence electrons. The molecule has 1 aliphatic heterocycles. The summed E-state index contributed by atoms with van der Waals surface area (Å²) in [7, 11) is 0. The highest BCUT2D eigenvalue weighted by Gasteiger charge is 2.16. The van der Waals surface area contributed by atoms with Crippen LogP contribution < -0.4 is 0 Å². The maximum absolute atomic E-state index is 4.72. The van der Waals surface area contributed by atoms with Gasteiger partial charge in [0.05, 0.1) is 5.69 Å². The van der Waals surface area contributed by atoms with E-state index in [0.717, 1.165) is 29.7 Å². The minimum absolute atomic E-state index is 0.895. The van der Waals surface area contributed by atoms with Gasteiger partial charge in [-0.25, -0.2) is 4.99 Å². The largest absolute Gasteiger partial charge is 0.356 e. The maximum atomic E-state index is 4.72. The predicted octanol–water partition coefficient (Wildman–Crippen LogP) is 4.07. The molecule has 0 aliphatic carbocycles. The van der Waals surface area contributed by atoms with Gasteiger partial charge in [0.2, 0.25) is 0 Å². The second kappa shape index (κ2) is 5.50. The van der Waals surface area contributed by atoms with Crippen LogP contribution in [0.3, 0.4) is 0 Å². The molecule has 0 unspecified atom stereocenters. The van der Waals surface area contributed by atoms with E-state index in [-0.39, 0.29) is 0 Å². The molecule has 17 heavy (non-hydrogen) atoms. The van der Waals surface area contributed by atoms with Crippen molar-refractivity contribution < 1.29 is 0 Å². The van der Waals surface area contributed by atoms with Crippen LogP contribution in [0.25, 0.3) is 0 Å². The van der Waals surface area contributed by atoms with Crippen molar-refractivity contribution in [1.82, 2.24) is 4.90 Å². The lowest BCUT2D eigenvalue weighted by Crippen LogP contribution is -2.24. The van der Waals surface area contributed by atoms with E-state index in [1.807, 2.05) is 6.08 Å². The molecular weight excluding hydrogens is 276 g/mol. The first-order valence-corrected chi connectivity index (χ1v) is 6.69. The smallest absolute Gasteiger partial charge is 0.105 e. The van der Waals surface area contributed by atoms with Gasteiger partial charge in [-0.15, -0.1) is 6.58 Å². The molecule has 1 heterocycles. The van der Waals surface area contributed by atoms with Gasteiger partial charge in [-0.1, -0.05) is 28.1 Å². The molecule has 0 amide bonds. The Bertz CT molecular complexity index is 452. The quantitative estimate of drug-likeness (QED) is 0.767. The number of halogens is 1. The Hall–Kier alpha value is -1.09. The zero-order valence-electron chi connectivity index (χ0n) is 10.1. The fraction of sp³-hybridized carbons (Fsp3) is 0.357. The molecule has 0 aromatic heterocycles. The van der Waals surface area contributed by atoms with Crippen LogP contribution in [0.2, 0.25) is 0 Å². The summed E-state index contributed by atoms with van der Waals surface area (Å²) in [4.78, 5) is 7.02. The van der Waals surface area contributed by atoms with E-state index in [1.54, 1.807) is 0 Å². The van der Waals surface area contributed by atoms with Crippen LogP contribution in [0.4, 0.5) is 5.69 Å². The van der Waals surface area contributed by atoms with Gasteiger partial charge >= 0.3 is 0 Å². The van der Waals surface area contributed by atoms with E-state index in [4.69, 9.17) is 4.99 Å². The van der Waals surface area contributed by atoms with Gasteiger partial charge < -0.3 is 4.90 Å². The topological polar surface area (TPSA) is 15.6 Å². The second-order valence-electron chi connectivity index (χ2n) is 4.30. The highest BCUT2D eigenvalue weighted by molar-refractivity contribution is 9.10. The number of hydrogen-bond acceptors (Lipinski definition) is 1. The van der Waals surface area contributed by atoms with Crippen molar-refractivity contribution >= 4 is 27.5 Å². The fourth-order valence-corrected chi connectivity index (χ4v) is 2.36. The Labute approximate surface area is 111 Å². The Balaban J connectivity index is 2.22. The Morgan fingerprint density at radius 1 is 1.53 bits per heavy atom. The van der Waals surface area contributed by atoms with E-state index in [0.29, 0.717) is 0 Å². The van der Waals surface area contributed by atoms with Crippen molar-refractivity contribution in [1.29, 1.82) is 0 Å². The molecule has 3 heteroatoms. The van der Waals surface area contributed by atoms with Gasteiger partial charge in [0.25, 0.3) is 0 Å². The van der Waals surface area contributed by atoms with Gasteiger partial charge in [0, 0.05) is 24.0 Å². The van der Waals surface area contributed by atoms with E-state index < -0.39 is 0 Å². The highest BCUT2D eigenvalue weighted by Crippen LogP contribution is 2.24. The summed E-state index contributed by atoms with van der Waals surface area (Å²) in [5, 5.41) is 0. The maximum Gasteiger partial charge on any atom is 0.105 e. The van der Waals surface area contributed by atoms with E-state index in [1.165, 1.54) is 17.8 Å². The molecular formula is C14H17BrN2. The molecule has 0 atom stereocenters. The number of amidine groups is 1. The summed E-state index contributed by atoms with van der Waals surface area (Å²) in [6.07, 6.45) is 4.20. The lowest BCUT2D eigenvalue weighted by Gasteiger charge is -2.16. The van der Waals surface area contributed by atoms with Crippen LogP contribution >= 0.6 is 15.9 Å². The van der Waals surface area contributed by atoms with Crippen molar-refractivity contribution in [2.75, 3.05) is 13.1 Å². The molecule has 0 saturated carbocycles. The monoisotopic (exact) mass is 292 g/mol. The normalized spacial score (nSPS) is 17.8. The second-order valence-corrected chi connectivity index (χ2v) is 5.15. The average molecular weight is 293 g/mol. The Kier molecular flexibility index (Phi) is 4.00. The molecule has 2 nitrogen and oxygen atoms in total. The molecule has 1 aromatic rings. The predicted molar refractivity (Wildman–Crippen MR) is 77.0 cm³/mol. The molecule has 1 fully saturated rings. The van der Waals surface area contributed by atoms with Gasteiger partial charge in [-0.05, 0) is 31.0 Å². The summed E-state index contributed by atoms with van der Waals surface area (Å²) >= 11 is 3.54. The van der Waals surface area contributed by atoms with E-state index in [9.17, 15) is 0 Å². The van der Waals surface area contributed by atoms with Crippen molar-refractivity contribution in [3.8, 4) is 0 Å². The highest BCUT2D eigenvalue weighted by atomic mass is 79.9. The van der Waals surface area contributed by atoms with Crippen LogP contribution in [0.1, 0.15) is 18.4 Å². The number of nitrogens with zero attached hydrogens (tertiary/aromatic N) is 2. The molecule has 1 saturated heterocycles.